The third-order valence-electron chi connectivity index (χ3n) is 3.51. The minimum atomic E-state index is 0.950. The van der Waals surface area contributed by atoms with Gasteiger partial charge in [-0.25, -0.2) is 4.98 Å². The Kier molecular flexibility index (Phi) is 3.13. The van der Waals surface area contributed by atoms with Gasteiger partial charge in [0, 0.05) is 21.7 Å². The van der Waals surface area contributed by atoms with E-state index in [2.05, 4.69) is 59.9 Å². The molecule has 0 bridgehead atoms. The zero-order chi connectivity index (χ0) is 14.1. The number of anilines is 1. The summed E-state index contributed by atoms with van der Waals surface area (Å²) < 4.78 is 0. The highest BCUT2D eigenvalue weighted by molar-refractivity contribution is 7.99. The minimum Gasteiger partial charge on any atom is -0.357 e. The fourth-order valence-corrected chi connectivity index (χ4v) is 3.39. The van der Waals surface area contributed by atoms with E-state index in [1.54, 1.807) is 0 Å². The number of thioether (sulfide) groups is 1. The van der Waals surface area contributed by atoms with E-state index in [0.29, 0.717) is 0 Å². The van der Waals surface area contributed by atoms with Gasteiger partial charge in [0.15, 0.2) is 0 Å². The van der Waals surface area contributed by atoms with Crippen molar-refractivity contribution >= 4 is 34.4 Å². The maximum Gasteiger partial charge on any atom is 0.0709 e. The standard InChI is InChI=1S/C18H14N2S/c1-2-6-16-13(5-1)9-10-14(19-16)11-15-12-21-18-8-4-3-7-17(18)20-15/h1-11,20H,12H2/b15-11-. The van der Waals surface area contributed by atoms with Crippen LogP contribution in [0.15, 0.2) is 71.3 Å². The van der Waals surface area contributed by atoms with Crippen LogP contribution in [0.3, 0.4) is 0 Å². The second-order valence-corrected chi connectivity index (χ2v) is 6.03. The van der Waals surface area contributed by atoms with Gasteiger partial charge in [-0.05, 0) is 30.3 Å². The summed E-state index contributed by atoms with van der Waals surface area (Å²) in [6, 6.07) is 20.8. The van der Waals surface area contributed by atoms with Crippen molar-refractivity contribution in [3.63, 3.8) is 0 Å². The fraction of sp³-hybridized carbons (Fsp3) is 0.0556. The number of rotatable bonds is 1. The number of nitrogens with zero attached hydrogens (tertiary/aromatic N) is 1. The summed E-state index contributed by atoms with van der Waals surface area (Å²) in [6.45, 7) is 0. The molecular formula is C18H14N2S. The molecule has 0 unspecified atom stereocenters. The summed E-state index contributed by atoms with van der Waals surface area (Å²) in [7, 11) is 0. The normalized spacial score (nSPS) is 15.7. The summed E-state index contributed by atoms with van der Waals surface area (Å²) in [4.78, 5) is 6.01. The number of aromatic nitrogens is 1. The van der Waals surface area contributed by atoms with Crippen LogP contribution in [0.2, 0.25) is 0 Å². The van der Waals surface area contributed by atoms with Gasteiger partial charge in [0.2, 0.25) is 0 Å². The molecule has 0 spiro atoms. The van der Waals surface area contributed by atoms with Crippen LogP contribution in [0.25, 0.3) is 17.0 Å². The number of hydrogen-bond acceptors (Lipinski definition) is 3. The SMILES string of the molecule is C(=C1\CSc2ccccc2N1)/c1ccc2ccccc2n1. The van der Waals surface area contributed by atoms with Gasteiger partial charge < -0.3 is 5.32 Å². The van der Waals surface area contributed by atoms with Gasteiger partial charge in [-0.3, -0.25) is 0 Å². The lowest BCUT2D eigenvalue weighted by molar-refractivity contribution is 1.29. The molecule has 21 heavy (non-hydrogen) atoms. The molecule has 1 aromatic heterocycles. The molecule has 0 aliphatic carbocycles. The van der Waals surface area contributed by atoms with Crippen molar-refractivity contribution in [1.82, 2.24) is 4.98 Å². The van der Waals surface area contributed by atoms with E-state index in [4.69, 9.17) is 4.98 Å². The second-order valence-electron chi connectivity index (χ2n) is 5.01. The van der Waals surface area contributed by atoms with Gasteiger partial charge in [0.05, 0.1) is 16.9 Å². The first-order valence-corrected chi connectivity index (χ1v) is 7.92. The Hall–Kier alpha value is -2.26. The van der Waals surface area contributed by atoms with Crippen LogP contribution < -0.4 is 5.32 Å². The number of benzene rings is 2. The average Bonchev–Trinajstić information content (AvgIpc) is 2.55. The van der Waals surface area contributed by atoms with E-state index in [0.717, 1.165) is 17.0 Å². The van der Waals surface area contributed by atoms with Crippen molar-refractivity contribution < 1.29 is 0 Å². The smallest absolute Gasteiger partial charge is 0.0709 e. The second kappa shape index (κ2) is 5.26. The van der Waals surface area contributed by atoms with E-state index >= 15 is 0 Å². The van der Waals surface area contributed by atoms with Crippen LogP contribution in [0.5, 0.6) is 0 Å². The van der Waals surface area contributed by atoms with Crippen LogP contribution in [-0.4, -0.2) is 10.7 Å². The number of para-hydroxylation sites is 2. The summed E-state index contributed by atoms with van der Waals surface area (Å²) in [6.07, 6.45) is 2.13. The first-order valence-electron chi connectivity index (χ1n) is 6.94. The molecule has 1 aliphatic rings. The van der Waals surface area contributed by atoms with E-state index in [9.17, 15) is 0 Å². The molecule has 0 fully saturated rings. The minimum absolute atomic E-state index is 0.950. The van der Waals surface area contributed by atoms with Crippen molar-refractivity contribution in [2.24, 2.45) is 0 Å². The van der Waals surface area contributed by atoms with Gasteiger partial charge in [0.25, 0.3) is 0 Å². The monoisotopic (exact) mass is 290 g/mol. The Morgan fingerprint density at radius 3 is 2.81 bits per heavy atom. The molecule has 102 valence electrons. The topological polar surface area (TPSA) is 24.9 Å². The highest BCUT2D eigenvalue weighted by Gasteiger charge is 2.11. The van der Waals surface area contributed by atoms with Crippen molar-refractivity contribution in [3.8, 4) is 0 Å². The molecule has 0 amide bonds. The summed E-state index contributed by atoms with van der Waals surface area (Å²) in [5.74, 6) is 0.950. The quantitative estimate of drug-likeness (QED) is 0.697. The van der Waals surface area contributed by atoms with E-state index in [1.807, 2.05) is 23.9 Å². The molecule has 0 atom stereocenters. The van der Waals surface area contributed by atoms with E-state index in [-0.39, 0.29) is 0 Å². The van der Waals surface area contributed by atoms with E-state index in [1.165, 1.54) is 21.7 Å². The third-order valence-corrected chi connectivity index (χ3v) is 4.63. The predicted octanol–water partition coefficient (Wildman–Crippen LogP) is 4.79. The largest absolute Gasteiger partial charge is 0.357 e. The van der Waals surface area contributed by atoms with Crippen LogP contribution >= 0.6 is 11.8 Å². The number of pyridine rings is 1. The van der Waals surface area contributed by atoms with Gasteiger partial charge in [-0.15, -0.1) is 11.8 Å². The Morgan fingerprint density at radius 1 is 0.952 bits per heavy atom. The Morgan fingerprint density at radius 2 is 1.81 bits per heavy atom. The predicted molar refractivity (Wildman–Crippen MR) is 90.5 cm³/mol. The molecule has 4 rings (SSSR count). The lowest BCUT2D eigenvalue weighted by Crippen LogP contribution is -2.08. The van der Waals surface area contributed by atoms with Gasteiger partial charge >= 0.3 is 0 Å². The molecule has 1 N–H and O–H groups in total. The molecule has 0 saturated carbocycles. The highest BCUT2D eigenvalue weighted by atomic mass is 32.2. The Bertz CT molecular complexity index is 839. The van der Waals surface area contributed by atoms with Crippen LogP contribution in [-0.2, 0) is 0 Å². The average molecular weight is 290 g/mol. The molecule has 2 nitrogen and oxygen atoms in total. The van der Waals surface area contributed by atoms with Crippen molar-refractivity contribution in [3.05, 3.63) is 72.1 Å². The fourth-order valence-electron chi connectivity index (χ4n) is 2.48. The van der Waals surface area contributed by atoms with Gasteiger partial charge in [-0.1, -0.05) is 36.4 Å². The lowest BCUT2D eigenvalue weighted by atomic mass is 10.2. The van der Waals surface area contributed by atoms with E-state index < -0.39 is 0 Å². The number of hydrogen-bond donors (Lipinski definition) is 1. The first kappa shape index (κ1) is 12.5. The first-order chi connectivity index (χ1) is 10.4. The lowest BCUT2D eigenvalue weighted by Gasteiger charge is -2.20. The van der Waals surface area contributed by atoms with Crippen molar-refractivity contribution in [1.29, 1.82) is 0 Å². The molecule has 3 aromatic rings. The molecule has 1 aliphatic heterocycles. The number of fused-ring (bicyclic) bond motifs is 2. The molecular weight excluding hydrogens is 276 g/mol. The molecule has 2 heterocycles. The molecule has 3 heteroatoms. The van der Waals surface area contributed by atoms with Crippen molar-refractivity contribution in [2.75, 3.05) is 11.1 Å². The summed E-state index contributed by atoms with van der Waals surface area (Å²) in [5.41, 5.74) is 4.41. The Balaban J connectivity index is 1.68. The molecule has 2 aromatic carbocycles. The summed E-state index contributed by atoms with van der Waals surface area (Å²) >= 11 is 1.86. The zero-order valence-electron chi connectivity index (χ0n) is 11.4. The maximum absolute atomic E-state index is 4.70. The third kappa shape index (κ3) is 2.52. The molecule has 0 radical (unpaired) electrons. The maximum atomic E-state index is 4.70. The number of nitrogens with one attached hydrogen (secondary N) is 1. The van der Waals surface area contributed by atoms with Gasteiger partial charge in [0.1, 0.15) is 0 Å². The van der Waals surface area contributed by atoms with Crippen LogP contribution in [0.4, 0.5) is 5.69 Å². The van der Waals surface area contributed by atoms with Crippen molar-refractivity contribution in [2.45, 2.75) is 4.90 Å². The molecule has 0 saturated heterocycles. The zero-order valence-corrected chi connectivity index (χ0v) is 12.2. The summed E-state index contributed by atoms with van der Waals surface area (Å²) in [5, 5.41) is 4.67. The Labute approximate surface area is 127 Å². The van der Waals surface area contributed by atoms with Crippen LogP contribution in [0.1, 0.15) is 5.69 Å². The highest BCUT2D eigenvalue weighted by Crippen LogP contribution is 2.34. The van der Waals surface area contributed by atoms with Crippen LogP contribution in [0, 0.1) is 0 Å². The van der Waals surface area contributed by atoms with Gasteiger partial charge in [-0.2, -0.15) is 0 Å².